The molecule has 0 bridgehead atoms. The fourth-order valence-electron chi connectivity index (χ4n) is 1.84. The van der Waals surface area contributed by atoms with E-state index in [1.54, 1.807) is 7.05 Å². The van der Waals surface area contributed by atoms with Crippen molar-refractivity contribution in [2.24, 2.45) is 0 Å². The number of nitrogens with zero attached hydrogens (tertiary/aromatic N) is 1. The van der Waals surface area contributed by atoms with E-state index >= 15 is 0 Å². The molecule has 1 unspecified atom stereocenters. The third-order valence-corrected chi connectivity index (χ3v) is 4.74. The van der Waals surface area contributed by atoms with Gasteiger partial charge in [-0.2, -0.15) is 17.4 Å². The fourth-order valence-corrected chi connectivity index (χ4v) is 3.10. The second kappa shape index (κ2) is 10.6. The van der Waals surface area contributed by atoms with Crippen molar-refractivity contribution in [3.8, 4) is 0 Å². The number of rotatable bonds is 12. The van der Waals surface area contributed by atoms with Gasteiger partial charge in [-0.15, -0.1) is 0 Å². The lowest BCUT2D eigenvalue weighted by atomic mass is 10.1. The summed E-state index contributed by atoms with van der Waals surface area (Å²) >= 11 is 0. The first kappa shape index (κ1) is 18.8. The molecule has 116 valence electrons. The van der Waals surface area contributed by atoms with Gasteiger partial charge in [0.25, 0.3) is 10.2 Å². The van der Waals surface area contributed by atoms with Gasteiger partial charge in [0, 0.05) is 19.6 Å². The summed E-state index contributed by atoms with van der Waals surface area (Å²) in [7, 11) is -1.69. The predicted molar refractivity (Wildman–Crippen MR) is 81.5 cm³/mol. The van der Waals surface area contributed by atoms with E-state index in [1.165, 1.54) is 4.31 Å². The second-order valence-corrected chi connectivity index (χ2v) is 6.75. The molecule has 0 amide bonds. The van der Waals surface area contributed by atoms with Crippen molar-refractivity contribution in [1.82, 2.24) is 14.3 Å². The summed E-state index contributed by atoms with van der Waals surface area (Å²) in [5.74, 6) is 0. The average molecular weight is 293 g/mol. The van der Waals surface area contributed by atoms with Crippen molar-refractivity contribution in [3.63, 3.8) is 0 Å². The highest BCUT2D eigenvalue weighted by molar-refractivity contribution is 7.87. The molecule has 0 aliphatic heterocycles. The van der Waals surface area contributed by atoms with Gasteiger partial charge in [-0.05, 0) is 38.8 Å². The van der Waals surface area contributed by atoms with E-state index in [-0.39, 0.29) is 6.04 Å². The molecule has 6 heteroatoms. The Kier molecular flexibility index (Phi) is 10.5. The van der Waals surface area contributed by atoms with Gasteiger partial charge in [-0.25, -0.2) is 0 Å². The Labute approximate surface area is 119 Å². The van der Waals surface area contributed by atoms with Crippen LogP contribution in [-0.4, -0.2) is 45.4 Å². The first-order chi connectivity index (χ1) is 8.97. The first-order valence-corrected chi connectivity index (χ1v) is 8.86. The number of hydrogen-bond donors (Lipinski definition) is 2. The van der Waals surface area contributed by atoms with Crippen molar-refractivity contribution in [1.29, 1.82) is 0 Å². The molecule has 0 saturated carbocycles. The summed E-state index contributed by atoms with van der Waals surface area (Å²) in [5.41, 5.74) is 0. The molecule has 0 spiro atoms. The zero-order chi connectivity index (χ0) is 14.7. The van der Waals surface area contributed by atoms with Gasteiger partial charge in [0.15, 0.2) is 0 Å². The van der Waals surface area contributed by atoms with E-state index < -0.39 is 10.2 Å². The van der Waals surface area contributed by atoms with Crippen molar-refractivity contribution in [2.45, 2.75) is 58.9 Å². The molecule has 0 aromatic heterocycles. The van der Waals surface area contributed by atoms with Crippen LogP contribution in [0.25, 0.3) is 0 Å². The van der Waals surface area contributed by atoms with E-state index in [9.17, 15) is 8.42 Å². The van der Waals surface area contributed by atoms with Crippen LogP contribution < -0.4 is 10.0 Å². The van der Waals surface area contributed by atoms with Crippen LogP contribution in [0.5, 0.6) is 0 Å². The van der Waals surface area contributed by atoms with Crippen LogP contribution >= 0.6 is 0 Å². The summed E-state index contributed by atoms with van der Waals surface area (Å²) in [6.45, 7) is 8.60. The Balaban J connectivity index is 4.09. The minimum absolute atomic E-state index is 0.0515. The Morgan fingerprint density at radius 3 is 2.32 bits per heavy atom. The molecule has 0 aromatic carbocycles. The maximum atomic E-state index is 12.1. The third-order valence-electron chi connectivity index (χ3n) is 3.11. The van der Waals surface area contributed by atoms with Crippen LogP contribution in [0.2, 0.25) is 0 Å². The van der Waals surface area contributed by atoms with E-state index in [2.05, 4.69) is 23.9 Å². The van der Waals surface area contributed by atoms with Gasteiger partial charge >= 0.3 is 0 Å². The quantitative estimate of drug-likeness (QED) is 0.539. The standard InChI is InChI=1S/C13H31N3O2S/c1-5-9-13(7-3)15-19(17,18)16(4)12-8-11-14-10-6-2/h13-15H,5-12H2,1-4H3. The van der Waals surface area contributed by atoms with E-state index in [1.807, 2.05) is 6.92 Å². The first-order valence-electron chi connectivity index (χ1n) is 7.42. The van der Waals surface area contributed by atoms with Crippen molar-refractivity contribution in [2.75, 3.05) is 26.7 Å². The highest BCUT2D eigenvalue weighted by atomic mass is 32.2. The minimum Gasteiger partial charge on any atom is -0.317 e. The molecule has 0 saturated heterocycles. The van der Waals surface area contributed by atoms with Gasteiger partial charge in [0.1, 0.15) is 0 Å². The van der Waals surface area contributed by atoms with Crippen LogP contribution in [0.15, 0.2) is 0 Å². The molecular formula is C13H31N3O2S. The molecule has 0 rings (SSSR count). The maximum absolute atomic E-state index is 12.1. The van der Waals surface area contributed by atoms with Crippen LogP contribution in [0.4, 0.5) is 0 Å². The number of nitrogens with one attached hydrogen (secondary N) is 2. The Morgan fingerprint density at radius 2 is 1.79 bits per heavy atom. The van der Waals surface area contributed by atoms with Crippen molar-refractivity contribution >= 4 is 10.2 Å². The highest BCUT2D eigenvalue weighted by Gasteiger charge is 2.20. The van der Waals surface area contributed by atoms with Gasteiger partial charge in [-0.1, -0.05) is 27.2 Å². The Bertz CT molecular complexity index is 307. The SMILES string of the molecule is CCCNCCCN(C)S(=O)(=O)NC(CC)CCC. The highest BCUT2D eigenvalue weighted by Crippen LogP contribution is 2.05. The summed E-state index contributed by atoms with van der Waals surface area (Å²) in [6, 6.07) is 0.0515. The van der Waals surface area contributed by atoms with Crippen LogP contribution in [0, 0.1) is 0 Å². The van der Waals surface area contributed by atoms with E-state index in [4.69, 9.17) is 0 Å². The summed E-state index contributed by atoms with van der Waals surface area (Å²) in [5, 5.41) is 3.27. The average Bonchev–Trinajstić information content (AvgIpc) is 2.37. The smallest absolute Gasteiger partial charge is 0.279 e. The molecule has 5 nitrogen and oxygen atoms in total. The topological polar surface area (TPSA) is 61.4 Å². The van der Waals surface area contributed by atoms with Crippen molar-refractivity contribution in [3.05, 3.63) is 0 Å². The molecule has 0 aliphatic carbocycles. The van der Waals surface area contributed by atoms with E-state index in [0.717, 1.165) is 45.2 Å². The molecule has 0 heterocycles. The molecule has 0 fully saturated rings. The Morgan fingerprint density at radius 1 is 1.11 bits per heavy atom. The molecule has 1 atom stereocenters. The monoisotopic (exact) mass is 293 g/mol. The normalized spacial score (nSPS) is 13.9. The predicted octanol–water partition coefficient (Wildman–Crippen LogP) is 1.72. The van der Waals surface area contributed by atoms with Crippen LogP contribution in [-0.2, 0) is 10.2 Å². The van der Waals surface area contributed by atoms with Gasteiger partial charge in [0.2, 0.25) is 0 Å². The minimum atomic E-state index is -3.33. The molecule has 0 aliphatic rings. The van der Waals surface area contributed by atoms with Gasteiger partial charge < -0.3 is 5.32 Å². The summed E-state index contributed by atoms with van der Waals surface area (Å²) in [4.78, 5) is 0. The van der Waals surface area contributed by atoms with Crippen LogP contribution in [0.1, 0.15) is 52.9 Å². The lowest BCUT2D eigenvalue weighted by molar-refractivity contribution is 0.427. The second-order valence-electron chi connectivity index (χ2n) is 4.94. The Hall–Kier alpha value is -0.170. The zero-order valence-electron chi connectivity index (χ0n) is 12.9. The third kappa shape index (κ3) is 8.57. The molecule has 2 N–H and O–H groups in total. The van der Waals surface area contributed by atoms with Crippen molar-refractivity contribution < 1.29 is 8.42 Å². The largest absolute Gasteiger partial charge is 0.317 e. The fraction of sp³-hybridized carbons (Fsp3) is 1.00. The molecule has 0 radical (unpaired) electrons. The van der Waals surface area contributed by atoms with E-state index in [0.29, 0.717) is 6.54 Å². The molecule has 19 heavy (non-hydrogen) atoms. The molecule has 0 aromatic rings. The van der Waals surface area contributed by atoms with Crippen LogP contribution in [0.3, 0.4) is 0 Å². The molecular weight excluding hydrogens is 262 g/mol. The lowest BCUT2D eigenvalue weighted by Crippen LogP contribution is -2.44. The lowest BCUT2D eigenvalue weighted by Gasteiger charge is -2.22. The van der Waals surface area contributed by atoms with Gasteiger partial charge in [-0.3, -0.25) is 0 Å². The number of hydrogen-bond acceptors (Lipinski definition) is 3. The summed E-state index contributed by atoms with van der Waals surface area (Å²) in [6.07, 6.45) is 4.65. The maximum Gasteiger partial charge on any atom is 0.279 e. The van der Waals surface area contributed by atoms with Gasteiger partial charge in [0.05, 0.1) is 0 Å². The summed E-state index contributed by atoms with van der Waals surface area (Å²) < 4.78 is 28.4. The zero-order valence-corrected chi connectivity index (χ0v) is 13.7.